The van der Waals surface area contributed by atoms with Crippen molar-refractivity contribution in [1.29, 1.82) is 0 Å². The van der Waals surface area contributed by atoms with Gasteiger partial charge in [-0.25, -0.2) is 0 Å². The van der Waals surface area contributed by atoms with Crippen molar-refractivity contribution in [3.63, 3.8) is 0 Å². The highest BCUT2D eigenvalue weighted by Gasteiger charge is 2.09. The van der Waals surface area contributed by atoms with Gasteiger partial charge in [0.2, 0.25) is 0 Å². The van der Waals surface area contributed by atoms with Gasteiger partial charge in [-0.2, -0.15) is 0 Å². The van der Waals surface area contributed by atoms with E-state index in [1.165, 1.54) is 18.2 Å². The van der Waals surface area contributed by atoms with Gasteiger partial charge in [-0.05, 0) is 12.1 Å². The van der Waals surface area contributed by atoms with Crippen LogP contribution in [0, 0.1) is 10.1 Å². The molecule has 1 aromatic heterocycles. The van der Waals surface area contributed by atoms with E-state index in [4.69, 9.17) is 9.52 Å². The molecule has 0 aliphatic heterocycles. The molecule has 1 aromatic carbocycles. The molecule has 5 heteroatoms. The van der Waals surface area contributed by atoms with E-state index < -0.39 is 4.92 Å². The average molecular weight is 193 g/mol. The zero-order valence-electron chi connectivity index (χ0n) is 7.14. The first kappa shape index (κ1) is 8.71. The van der Waals surface area contributed by atoms with Gasteiger partial charge in [0.25, 0.3) is 5.69 Å². The number of nitro groups is 1. The van der Waals surface area contributed by atoms with E-state index in [-0.39, 0.29) is 12.3 Å². The summed E-state index contributed by atoms with van der Waals surface area (Å²) in [7, 11) is 0. The molecule has 1 N–H and O–H groups in total. The second-order valence-electron chi connectivity index (χ2n) is 2.85. The number of aliphatic hydroxyl groups excluding tert-OH is 1. The van der Waals surface area contributed by atoms with Crippen molar-refractivity contribution >= 4 is 16.7 Å². The van der Waals surface area contributed by atoms with Crippen LogP contribution in [0.2, 0.25) is 0 Å². The standard InChI is InChI=1S/C9H7NO4/c11-5-8-4-6-3-7(10(12)13)1-2-9(6)14-8/h1-4,11H,5H2. The number of rotatable bonds is 2. The van der Waals surface area contributed by atoms with Crippen LogP contribution in [0.15, 0.2) is 28.7 Å². The Morgan fingerprint density at radius 3 is 2.86 bits per heavy atom. The summed E-state index contributed by atoms with van der Waals surface area (Å²) in [4.78, 5) is 9.98. The molecule has 0 amide bonds. The van der Waals surface area contributed by atoms with Crippen LogP contribution in [0.3, 0.4) is 0 Å². The van der Waals surface area contributed by atoms with Crippen LogP contribution in [-0.2, 0) is 6.61 Å². The third-order valence-corrected chi connectivity index (χ3v) is 1.92. The van der Waals surface area contributed by atoms with E-state index in [1.807, 2.05) is 0 Å². The van der Waals surface area contributed by atoms with Crippen LogP contribution in [0.25, 0.3) is 11.0 Å². The third-order valence-electron chi connectivity index (χ3n) is 1.92. The first-order valence-corrected chi connectivity index (χ1v) is 3.98. The van der Waals surface area contributed by atoms with Crippen LogP contribution in [0.5, 0.6) is 0 Å². The highest BCUT2D eigenvalue weighted by molar-refractivity contribution is 5.80. The van der Waals surface area contributed by atoms with Gasteiger partial charge >= 0.3 is 0 Å². The molecular formula is C9H7NO4. The van der Waals surface area contributed by atoms with E-state index in [2.05, 4.69) is 0 Å². The molecule has 1 heterocycles. The summed E-state index contributed by atoms with van der Waals surface area (Å²) in [6.07, 6.45) is 0. The fourth-order valence-corrected chi connectivity index (χ4v) is 1.28. The zero-order chi connectivity index (χ0) is 10.1. The lowest BCUT2D eigenvalue weighted by atomic mass is 10.2. The molecule has 2 rings (SSSR count). The summed E-state index contributed by atoms with van der Waals surface area (Å²) in [6.45, 7) is -0.206. The predicted octanol–water partition coefficient (Wildman–Crippen LogP) is 1.83. The summed E-state index contributed by atoms with van der Waals surface area (Å²) in [6, 6.07) is 5.89. The average Bonchev–Trinajstić information content (AvgIpc) is 2.58. The summed E-state index contributed by atoms with van der Waals surface area (Å²) in [5.74, 6) is 0.403. The zero-order valence-corrected chi connectivity index (χ0v) is 7.14. The molecule has 5 nitrogen and oxygen atoms in total. The first-order chi connectivity index (χ1) is 6.70. The number of benzene rings is 1. The maximum Gasteiger partial charge on any atom is 0.270 e. The smallest absolute Gasteiger partial charge is 0.270 e. The fourth-order valence-electron chi connectivity index (χ4n) is 1.28. The number of non-ortho nitro benzene ring substituents is 1. The van der Waals surface area contributed by atoms with E-state index in [0.29, 0.717) is 16.7 Å². The minimum absolute atomic E-state index is 0.0165. The molecule has 0 aliphatic rings. The Kier molecular flexibility index (Phi) is 1.94. The number of hydrogen-bond donors (Lipinski definition) is 1. The molecule has 0 fully saturated rings. The Morgan fingerprint density at radius 2 is 2.21 bits per heavy atom. The van der Waals surface area contributed by atoms with Gasteiger partial charge in [0.05, 0.1) is 4.92 Å². The molecule has 0 aliphatic carbocycles. The molecular weight excluding hydrogens is 186 g/mol. The number of nitro benzene ring substituents is 1. The van der Waals surface area contributed by atoms with Crippen LogP contribution in [0.1, 0.15) is 5.76 Å². The number of fused-ring (bicyclic) bond motifs is 1. The third kappa shape index (κ3) is 1.33. The van der Waals surface area contributed by atoms with Gasteiger partial charge in [-0.1, -0.05) is 0 Å². The lowest BCUT2D eigenvalue weighted by molar-refractivity contribution is -0.384. The van der Waals surface area contributed by atoms with Gasteiger partial charge in [0.1, 0.15) is 18.0 Å². The molecule has 2 aromatic rings. The molecule has 14 heavy (non-hydrogen) atoms. The van der Waals surface area contributed by atoms with Crippen LogP contribution in [-0.4, -0.2) is 10.0 Å². The fraction of sp³-hybridized carbons (Fsp3) is 0.111. The maximum atomic E-state index is 10.4. The van der Waals surface area contributed by atoms with Crippen molar-refractivity contribution < 1.29 is 14.4 Å². The SMILES string of the molecule is O=[N+]([O-])c1ccc2oc(CO)cc2c1. The molecule has 72 valence electrons. The molecule has 0 bridgehead atoms. The van der Waals surface area contributed by atoms with Crippen molar-refractivity contribution in [3.8, 4) is 0 Å². The highest BCUT2D eigenvalue weighted by Crippen LogP contribution is 2.23. The van der Waals surface area contributed by atoms with Gasteiger partial charge in [0.15, 0.2) is 0 Å². The van der Waals surface area contributed by atoms with Crippen molar-refractivity contribution in [2.75, 3.05) is 0 Å². The summed E-state index contributed by atoms with van der Waals surface area (Å²) >= 11 is 0. The van der Waals surface area contributed by atoms with Crippen molar-refractivity contribution in [2.45, 2.75) is 6.61 Å². The quantitative estimate of drug-likeness (QED) is 0.583. The molecule has 0 unspecified atom stereocenters. The first-order valence-electron chi connectivity index (χ1n) is 3.98. The lowest BCUT2D eigenvalue weighted by Crippen LogP contribution is -1.85. The number of hydrogen-bond acceptors (Lipinski definition) is 4. The monoisotopic (exact) mass is 193 g/mol. The van der Waals surface area contributed by atoms with Gasteiger partial charge in [0, 0.05) is 17.5 Å². The molecule has 0 atom stereocenters. The normalized spacial score (nSPS) is 10.6. The lowest BCUT2D eigenvalue weighted by Gasteiger charge is -1.89. The van der Waals surface area contributed by atoms with E-state index in [1.54, 1.807) is 6.07 Å². The van der Waals surface area contributed by atoms with Crippen LogP contribution >= 0.6 is 0 Å². The molecule has 0 spiro atoms. The number of furan rings is 1. The Bertz CT molecular complexity index is 489. The van der Waals surface area contributed by atoms with E-state index >= 15 is 0 Å². The van der Waals surface area contributed by atoms with Crippen LogP contribution < -0.4 is 0 Å². The Labute approximate surface area is 78.7 Å². The summed E-state index contributed by atoms with van der Waals surface area (Å²) in [5, 5.41) is 19.9. The largest absolute Gasteiger partial charge is 0.459 e. The van der Waals surface area contributed by atoms with Crippen molar-refractivity contribution in [2.24, 2.45) is 0 Å². The minimum Gasteiger partial charge on any atom is -0.459 e. The second-order valence-corrected chi connectivity index (χ2v) is 2.85. The summed E-state index contributed by atoms with van der Waals surface area (Å²) in [5.41, 5.74) is 0.558. The minimum atomic E-state index is -0.467. The second kappa shape index (κ2) is 3.12. The highest BCUT2D eigenvalue weighted by atomic mass is 16.6. The number of nitrogens with zero attached hydrogens (tertiary/aromatic N) is 1. The van der Waals surface area contributed by atoms with E-state index in [9.17, 15) is 10.1 Å². The van der Waals surface area contributed by atoms with Gasteiger partial charge in [-0.3, -0.25) is 10.1 Å². The van der Waals surface area contributed by atoms with Gasteiger partial charge < -0.3 is 9.52 Å². The van der Waals surface area contributed by atoms with Crippen molar-refractivity contribution in [3.05, 3.63) is 40.1 Å². The Hall–Kier alpha value is -1.88. The molecule has 0 saturated carbocycles. The van der Waals surface area contributed by atoms with Gasteiger partial charge in [-0.15, -0.1) is 0 Å². The Morgan fingerprint density at radius 1 is 1.43 bits per heavy atom. The number of aliphatic hydroxyl groups is 1. The molecule has 0 radical (unpaired) electrons. The van der Waals surface area contributed by atoms with Crippen molar-refractivity contribution in [1.82, 2.24) is 0 Å². The maximum absolute atomic E-state index is 10.4. The van der Waals surface area contributed by atoms with E-state index in [0.717, 1.165) is 0 Å². The predicted molar refractivity (Wildman–Crippen MR) is 48.8 cm³/mol. The summed E-state index contributed by atoms with van der Waals surface area (Å²) < 4.78 is 5.18. The Balaban J connectivity index is 2.59. The topological polar surface area (TPSA) is 76.5 Å². The molecule has 0 saturated heterocycles. The van der Waals surface area contributed by atoms with Crippen LogP contribution in [0.4, 0.5) is 5.69 Å².